The highest BCUT2D eigenvalue weighted by Crippen LogP contribution is 2.38. The van der Waals surface area contributed by atoms with Gasteiger partial charge in [-0.1, -0.05) is 24.3 Å². The average Bonchev–Trinajstić information content (AvgIpc) is 3.34. The minimum atomic E-state index is -0.987. The molecule has 0 unspecified atom stereocenters. The topological polar surface area (TPSA) is 79.2 Å². The molecule has 1 aliphatic rings. The number of aryl methyl sites for hydroxylation is 4. The smallest absolute Gasteiger partial charge is 0.339 e. The van der Waals surface area contributed by atoms with Crippen LogP contribution in [0, 0.1) is 13.8 Å². The third-order valence-electron chi connectivity index (χ3n) is 5.53. The summed E-state index contributed by atoms with van der Waals surface area (Å²) in [5, 5.41) is 10.7. The number of benzene rings is 1. The predicted molar refractivity (Wildman–Crippen MR) is 121 cm³/mol. The number of hydrogen-bond acceptors (Lipinski definition) is 6. The lowest BCUT2D eigenvalue weighted by molar-refractivity contribution is 0.0694. The molecule has 1 N–H and O–H groups in total. The molecule has 1 saturated heterocycles. The van der Waals surface area contributed by atoms with Gasteiger partial charge in [0.05, 0.1) is 26.8 Å². The fourth-order valence-corrected chi connectivity index (χ4v) is 5.39. The fourth-order valence-electron chi connectivity index (χ4n) is 3.86. The van der Waals surface area contributed by atoms with Crippen LogP contribution in [0.3, 0.4) is 0 Å². The minimum Gasteiger partial charge on any atom is -0.478 e. The zero-order chi connectivity index (χ0) is 21.3. The lowest BCUT2D eigenvalue weighted by Crippen LogP contribution is -2.25. The molecule has 3 heterocycles. The van der Waals surface area contributed by atoms with Crippen molar-refractivity contribution in [1.82, 2.24) is 15.0 Å². The van der Waals surface area contributed by atoms with Crippen molar-refractivity contribution in [2.75, 3.05) is 11.4 Å². The molecule has 2 aromatic heterocycles. The lowest BCUT2D eigenvalue weighted by atomic mass is 10.0. The van der Waals surface area contributed by atoms with Crippen molar-refractivity contribution in [1.29, 1.82) is 0 Å². The number of aromatic carboxylic acids is 1. The lowest BCUT2D eigenvalue weighted by Gasteiger charge is -2.23. The summed E-state index contributed by atoms with van der Waals surface area (Å²) in [5.74, 6) is -0.398. The molecule has 0 radical (unpaired) electrons. The Labute approximate surface area is 188 Å². The van der Waals surface area contributed by atoms with E-state index >= 15 is 0 Å². The van der Waals surface area contributed by atoms with E-state index in [0.29, 0.717) is 18.1 Å². The van der Waals surface area contributed by atoms with E-state index in [-0.39, 0.29) is 11.6 Å². The SMILES string of the molecule is Cc1ccccc1CCc1nc(N2CCC[C@@H]2c2nc(C)c(Br)s2)ncc1C(=O)O. The molecular weight excluding hydrogens is 464 g/mol. The highest BCUT2D eigenvalue weighted by atomic mass is 79.9. The number of hydrogen-bond donors (Lipinski definition) is 1. The van der Waals surface area contributed by atoms with Crippen molar-refractivity contribution in [3.63, 3.8) is 0 Å². The average molecular weight is 487 g/mol. The summed E-state index contributed by atoms with van der Waals surface area (Å²) in [5.41, 5.74) is 4.15. The number of thiazole rings is 1. The van der Waals surface area contributed by atoms with Crippen LogP contribution in [0.2, 0.25) is 0 Å². The maximum atomic E-state index is 11.8. The molecule has 1 aliphatic heterocycles. The number of halogens is 1. The Kier molecular flexibility index (Phi) is 6.15. The molecule has 1 aromatic carbocycles. The molecule has 156 valence electrons. The van der Waals surface area contributed by atoms with E-state index in [1.54, 1.807) is 11.3 Å². The van der Waals surface area contributed by atoms with Gasteiger partial charge in [-0.2, -0.15) is 0 Å². The van der Waals surface area contributed by atoms with E-state index in [1.807, 2.05) is 19.1 Å². The normalized spacial score (nSPS) is 16.2. The van der Waals surface area contributed by atoms with Crippen LogP contribution >= 0.6 is 27.3 Å². The molecule has 1 fully saturated rings. The van der Waals surface area contributed by atoms with E-state index in [1.165, 1.54) is 17.3 Å². The number of nitrogens with zero attached hydrogens (tertiary/aromatic N) is 4. The van der Waals surface area contributed by atoms with Gasteiger partial charge < -0.3 is 10.0 Å². The molecule has 0 spiro atoms. The molecule has 8 heteroatoms. The molecule has 30 heavy (non-hydrogen) atoms. The summed E-state index contributed by atoms with van der Waals surface area (Å²) < 4.78 is 1.05. The maximum absolute atomic E-state index is 11.8. The third-order valence-corrected chi connectivity index (χ3v) is 7.64. The number of anilines is 1. The number of carboxylic acids is 1. The van der Waals surface area contributed by atoms with Crippen LogP contribution in [-0.4, -0.2) is 32.6 Å². The van der Waals surface area contributed by atoms with E-state index in [0.717, 1.165) is 40.3 Å². The first-order chi connectivity index (χ1) is 14.4. The number of carbonyl (C=O) groups is 1. The van der Waals surface area contributed by atoms with Crippen LogP contribution in [0.1, 0.15) is 56.8 Å². The van der Waals surface area contributed by atoms with Crippen LogP contribution in [0.15, 0.2) is 34.2 Å². The van der Waals surface area contributed by atoms with Crippen LogP contribution < -0.4 is 4.90 Å². The summed E-state index contributed by atoms with van der Waals surface area (Å²) in [6, 6.07) is 8.30. The van der Waals surface area contributed by atoms with Gasteiger partial charge in [0, 0.05) is 12.7 Å². The standard InChI is InChI=1S/C22H23BrN4O2S/c1-13-6-3-4-7-15(13)9-10-17-16(21(28)29)12-24-22(26-17)27-11-5-8-18(27)20-25-14(2)19(23)30-20/h3-4,6-7,12,18H,5,8-11H2,1-2H3,(H,28,29)/t18-/m1/s1. The predicted octanol–water partition coefficient (Wildman–Crippen LogP) is 5.14. The van der Waals surface area contributed by atoms with Crippen molar-refractivity contribution in [2.45, 2.75) is 45.6 Å². The van der Waals surface area contributed by atoms with E-state index in [4.69, 9.17) is 9.97 Å². The summed E-state index contributed by atoms with van der Waals surface area (Å²) in [6.07, 6.45) is 4.77. The quantitative estimate of drug-likeness (QED) is 0.519. The van der Waals surface area contributed by atoms with Gasteiger partial charge in [-0.05, 0) is 66.6 Å². The van der Waals surface area contributed by atoms with Gasteiger partial charge in [0.15, 0.2) is 0 Å². The van der Waals surface area contributed by atoms with Crippen molar-refractivity contribution in [3.8, 4) is 0 Å². The van der Waals surface area contributed by atoms with E-state index < -0.39 is 5.97 Å². The van der Waals surface area contributed by atoms with Crippen LogP contribution in [0.25, 0.3) is 0 Å². The monoisotopic (exact) mass is 486 g/mol. The molecule has 0 saturated carbocycles. The van der Waals surface area contributed by atoms with Crippen molar-refractivity contribution >= 4 is 39.2 Å². The molecule has 6 nitrogen and oxygen atoms in total. The van der Waals surface area contributed by atoms with E-state index in [2.05, 4.69) is 44.9 Å². The summed E-state index contributed by atoms with van der Waals surface area (Å²) >= 11 is 5.21. The number of carboxylic acid groups (broad SMARTS) is 1. The zero-order valence-corrected chi connectivity index (χ0v) is 19.3. The van der Waals surface area contributed by atoms with Crippen LogP contribution in [0.4, 0.5) is 5.95 Å². The molecular formula is C22H23BrN4O2S. The Morgan fingerprint density at radius 3 is 2.77 bits per heavy atom. The third kappa shape index (κ3) is 4.25. The van der Waals surface area contributed by atoms with E-state index in [9.17, 15) is 9.90 Å². The largest absolute Gasteiger partial charge is 0.478 e. The Balaban J connectivity index is 1.63. The second-order valence-corrected chi connectivity index (χ2v) is 9.87. The van der Waals surface area contributed by atoms with Crippen molar-refractivity contribution in [2.24, 2.45) is 0 Å². The summed E-state index contributed by atoms with van der Waals surface area (Å²) in [4.78, 5) is 27.8. The Hall–Kier alpha value is -2.32. The van der Waals surface area contributed by atoms with Crippen LogP contribution in [-0.2, 0) is 12.8 Å². The first-order valence-electron chi connectivity index (χ1n) is 9.97. The van der Waals surface area contributed by atoms with Crippen molar-refractivity contribution < 1.29 is 9.90 Å². The summed E-state index contributed by atoms with van der Waals surface area (Å²) in [7, 11) is 0. The highest BCUT2D eigenvalue weighted by Gasteiger charge is 2.31. The highest BCUT2D eigenvalue weighted by molar-refractivity contribution is 9.11. The van der Waals surface area contributed by atoms with Gasteiger partial charge in [0.2, 0.25) is 5.95 Å². The fraction of sp³-hybridized carbons (Fsp3) is 0.364. The maximum Gasteiger partial charge on any atom is 0.339 e. The molecule has 0 amide bonds. The second kappa shape index (κ2) is 8.81. The first kappa shape index (κ1) is 20.9. The summed E-state index contributed by atoms with van der Waals surface area (Å²) in [6.45, 7) is 4.90. The molecule has 3 aromatic rings. The molecule has 4 rings (SSSR count). The Bertz CT molecular complexity index is 1070. The van der Waals surface area contributed by atoms with Gasteiger partial charge >= 0.3 is 5.97 Å². The van der Waals surface area contributed by atoms with Gasteiger partial charge in [-0.3, -0.25) is 0 Å². The van der Waals surface area contributed by atoms with Gasteiger partial charge in [0.1, 0.15) is 5.01 Å². The molecule has 1 atom stereocenters. The molecule has 0 bridgehead atoms. The van der Waals surface area contributed by atoms with Gasteiger partial charge in [-0.15, -0.1) is 11.3 Å². The molecule has 0 aliphatic carbocycles. The first-order valence-corrected chi connectivity index (χ1v) is 11.6. The number of rotatable bonds is 6. The van der Waals surface area contributed by atoms with Crippen molar-refractivity contribution in [3.05, 3.63) is 67.3 Å². The minimum absolute atomic E-state index is 0.125. The van der Waals surface area contributed by atoms with Gasteiger partial charge in [0.25, 0.3) is 0 Å². The number of aromatic nitrogens is 3. The Morgan fingerprint density at radius 2 is 2.07 bits per heavy atom. The second-order valence-electron chi connectivity index (χ2n) is 7.52. The van der Waals surface area contributed by atoms with Gasteiger partial charge in [-0.25, -0.2) is 19.7 Å². The zero-order valence-electron chi connectivity index (χ0n) is 16.9. The van der Waals surface area contributed by atoms with Crippen LogP contribution in [0.5, 0.6) is 0 Å². The Morgan fingerprint density at radius 1 is 1.27 bits per heavy atom.